The molecule has 4 aromatic rings. The topological polar surface area (TPSA) is 21.3 Å². The Kier molecular flexibility index (Phi) is 6.65. The SMILES string of the molecule is CC(NCCOc1cc(F)cc(-c2cccc(C(F)(F)F)c2)c1)c1cccc2ccccc12. The van der Waals surface area contributed by atoms with Gasteiger partial charge in [0, 0.05) is 18.7 Å². The molecule has 0 spiro atoms. The van der Waals surface area contributed by atoms with Crippen LogP contribution in [0.2, 0.25) is 0 Å². The number of fused-ring (bicyclic) bond motifs is 1. The summed E-state index contributed by atoms with van der Waals surface area (Å²) in [7, 11) is 0. The monoisotopic (exact) mass is 453 g/mol. The van der Waals surface area contributed by atoms with Gasteiger partial charge in [0.1, 0.15) is 18.2 Å². The molecule has 170 valence electrons. The lowest BCUT2D eigenvalue weighted by atomic mass is 10.00. The molecule has 0 aliphatic carbocycles. The highest BCUT2D eigenvalue weighted by atomic mass is 19.4. The Labute approximate surface area is 189 Å². The second-order valence-corrected chi connectivity index (χ2v) is 7.85. The molecule has 1 atom stereocenters. The Hall–Kier alpha value is -3.38. The summed E-state index contributed by atoms with van der Waals surface area (Å²) in [6, 6.07) is 23.2. The first-order chi connectivity index (χ1) is 15.8. The molecule has 0 fully saturated rings. The third-order valence-corrected chi connectivity index (χ3v) is 5.51. The quantitative estimate of drug-likeness (QED) is 0.233. The molecule has 0 radical (unpaired) electrons. The van der Waals surface area contributed by atoms with Crippen LogP contribution in [0.4, 0.5) is 17.6 Å². The van der Waals surface area contributed by atoms with Crippen molar-refractivity contribution in [3.05, 3.63) is 102 Å². The first kappa shape index (κ1) is 22.8. The molecule has 1 N–H and O–H groups in total. The van der Waals surface area contributed by atoms with Crippen LogP contribution >= 0.6 is 0 Å². The Bertz CT molecular complexity index is 1250. The highest BCUT2D eigenvalue weighted by molar-refractivity contribution is 5.86. The number of hydrogen-bond donors (Lipinski definition) is 1. The third-order valence-electron chi connectivity index (χ3n) is 5.51. The zero-order valence-corrected chi connectivity index (χ0v) is 18.0. The molecule has 0 heterocycles. The summed E-state index contributed by atoms with van der Waals surface area (Å²) in [4.78, 5) is 0. The number of rotatable bonds is 7. The van der Waals surface area contributed by atoms with E-state index in [9.17, 15) is 17.6 Å². The standard InChI is InChI=1S/C27H23F4NO/c1-18(25-11-5-7-19-6-2-3-10-26(19)25)32-12-13-33-24-16-21(15-23(28)17-24)20-8-4-9-22(14-20)27(29,30)31/h2-11,14-18,32H,12-13H2,1H3. The third kappa shape index (κ3) is 5.52. The zero-order chi connectivity index (χ0) is 23.4. The van der Waals surface area contributed by atoms with Crippen LogP contribution in [0.3, 0.4) is 0 Å². The zero-order valence-electron chi connectivity index (χ0n) is 18.0. The molecule has 0 saturated carbocycles. The van der Waals surface area contributed by atoms with E-state index in [0.717, 1.165) is 12.1 Å². The molecule has 4 aromatic carbocycles. The molecule has 0 aliphatic rings. The molecule has 33 heavy (non-hydrogen) atoms. The van der Waals surface area contributed by atoms with Crippen molar-refractivity contribution in [3.8, 4) is 16.9 Å². The van der Waals surface area contributed by atoms with Crippen molar-refractivity contribution < 1.29 is 22.3 Å². The molecule has 4 rings (SSSR count). The minimum absolute atomic E-state index is 0.0767. The average molecular weight is 453 g/mol. The maximum absolute atomic E-state index is 14.1. The summed E-state index contributed by atoms with van der Waals surface area (Å²) in [5.41, 5.74) is 0.995. The lowest BCUT2D eigenvalue weighted by molar-refractivity contribution is -0.137. The second-order valence-electron chi connectivity index (χ2n) is 7.85. The van der Waals surface area contributed by atoms with Crippen LogP contribution in [-0.4, -0.2) is 13.2 Å². The fraction of sp³-hybridized carbons (Fsp3) is 0.185. The van der Waals surface area contributed by atoms with E-state index in [-0.39, 0.29) is 24.0 Å². The summed E-state index contributed by atoms with van der Waals surface area (Å²) in [6.07, 6.45) is -4.46. The minimum atomic E-state index is -4.46. The number of ether oxygens (including phenoxy) is 1. The van der Waals surface area contributed by atoms with E-state index in [2.05, 4.69) is 36.5 Å². The Balaban J connectivity index is 1.41. The van der Waals surface area contributed by atoms with E-state index in [1.54, 1.807) is 6.07 Å². The first-order valence-electron chi connectivity index (χ1n) is 10.6. The van der Waals surface area contributed by atoms with Gasteiger partial charge in [-0.1, -0.05) is 54.6 Å². The van der Waals surface area contributed by atoms with Crippen LogP contribution in [0.5, 0.6) is 5.75 Å². The maximum Gasteiger partial charge on any atom is 0.416 e. The maximum atomic E-state index is 14.1. The van der Waals surface area contributed by atoms with Gasteiger partial charge in [0.25, 0.3) is 0 Å². The van der Waals surface area contributed by atoms with Crippen LogP contribution in [0.15, 0.2) is 84.9 Å². The van der Waals surface area contributed by atoms with Gasteiger partial charge in [-0.3, -0.25) is 0 Å². The molecule has 1 unspecified atom stereocenters. The summed E-state index contributed by atoms with van der Waals surface area (Å²) >= 11 is 0. The van der Waals surface area contributed by atoms with Crippen molar-refractivity contribution in [2.75, 3.05) is 13.2 Å². The van der Waals surface area contributed by atoms with Crippen LogP contribution in [0.1, 0.15) is 24.1 Å². The van der Waals surface area contributed by atoms with Crippen LogP contribution in [-0.2, 0) is 6.18 Å². The molecule has 0 aliphatic heterocycles. The number of nitrogens with one attached hydrogen (secondary N) is 1. The molecule has 0 amide bonds. The molecule has 2 nitrogen and oxygen atoms in total. The van der Waals surface area contributed by atoms with Gasteiger partial charge >= 0.3 is 6.18 Å². The lowest BCUT2D eigenvalue weighted by Crippen LogP contribution is -2.24. The van der Waals surface area contributed by atoms with Gasteiger partial charge in [0.15, 0.2) is 0 Å². The van der Waals surface area contributed by atoms with Crippen molar-refractivity contribution in [1.82, 2.24) is 5.32 Å². The van der Waals surface area contributed by atoms with Crippen molar-refractivity contribution in [1.29, 1.82) is 0 Å². The van der Waals surface area contributed by atoms with Gasteiger partial charge < -0.3 is 10.1 Å². The van der Waals surface area contributed by atoms with Crippen molar-refractivity contribution in [2.24, 2.45) is 0 Å². The number of benzene rings is 4. The van der Waals surface area contributed by atoms with Crippen molar-refractivity contribution >= 4 is 10.8 Å². The highest BCUT2D eigenvalue weighted by Gasteiger charge is 2.30. The van der Waals surface area contributed by atoms with E-state index in [1.165, 1.54) is 40.6 Å². The summed E-state index contributed by atoms with van der Waals surface area (Å²) in [6.45, 7) is 2.86. The van der Waals surface area contributed by atoms with E-state index >= 15 is 0 Å². The van der Waals surface area contributed by atoms with Crippen LogP contribution < -0.4 is 10.1 Å². The predicted molar refractivity (Wildman–Crippen MR) is 123 cm³/mol. The van der Waals surface area contributed by atoms with Gasteiger partial charge in [0.05, 0.1) is 5.56 Å². The van der Waals surface area contributed by atoms with Gasteiger partial charge in [-0.05, 0) is 58.7 Å². The summed E-state index contributed by atoms with van der Waals surface area (Å²) in [5.74, 6) is -0.306. The highest BCUT2D eigenvalue weighted by Crippen LogP contribution is 2.33. The Morgan fingerprint density at radius 1 is 0.848 bits per heavy atom. The predicted octanol–water partition coefficient (Wildman–Crippen LogP) is 7.39. The van der Waals surface area contributed by atoms with Gasteiger partial charge in [-0.15, -0.1) is 0 Å². The molecular weight excluding hydrogens is 430 g/mol. The first-order valence-corrected chi connectivity index (χ1v) is 10.6. The van der Waals surface area contributed by atoms with E-state index in [4.69, 9.17) is 4.74 Å². The fourth-order valence-electron chi connectivity index (χ4n) is 3.87. The van der Waals surface area contributed by atoms with E-state index in [1.807, 2.05) is 18.2 Å². The van der Waals surface area contributed by atoms with Crippen molar-refractivity contribution in [3.63, 3.8) is 0 Å². The summed E-state index contributed by atoms with van der Waals surface area (Å²) < 4.78 is 58.9. The van der Waals surface area contributed by atoms with Gasteiger partial charge in [0.2, 0.25) is 0 Å². The smallest absolute Gasteiger partial charge is 0.416 e. The van der Waals surface area contributed by atoms with Crippen LogP contribution in [0, 0.1) is 5.82 Å². The number of hydrogen-bond acceptors (Lipinski definition) is 2. The number of halogens is 4. The summed E-state index contributed by atoms with van der Waals surface area (Å²) in [5, 5.41) is 5.75. The molecule has 0 aromatic heterocycles. The van der Waals surface area contributed by atoms with Gasteiger partial charge in [-0.2, -0.15) is 13.2 Å². The van der Waals surface area contributed by atoms with Crippen molar-refractivity contribution in [2.45, 2.75) is 19.1 Å². The lowest BCUT2D eigenvalue weighted by Gasteiger charge is -2.17. The van der Waals surface area contributed by atoms with Gasteiger partial charge in [-0.25, -0.2) is 4.39 Å². The van der Waals surface area contributed by atoms with Crippen LogP contribution in [0.25, 0.3) is 21.9 Å². The fourth-order valence-corrected chi connectivity index (χ4v) is 3.87. The number of alkyl halides is 3. The second kappa shape index (κ2) is 9.63. The molecule has 0 saturated heterocycles. The molecule has 6 heteroatoms. The Morgan fingerprint density at radius 3 is 2.42 bits per heavy atom. The largest absolute Gasteiger partial charge is 0.492 e. The average Bonchev–Trinajstić information content (AvgIpc) is 2.80. The van der Waals surface area contributed by atoms with E-state index in [0.29, 0.717) is 12.1 Å². The molecule has 0 bridgehead atoms. The van der Waals surface area contributed by atoms with E-state index < -0.39 is 17.6 Å². The molecular formula is C27H23F4NO. The normalized spacial score (nSPS) is 12.6. The Morgan fingerprint density at radius 2 is 1.61 bits per heavy atom. The minimum Gasteiger partial charge on any atom is -0.492 e.